The fraction of sp³-hybridized carbons (Fsp3) is 1.00. The molecule has 1 heteroatoms. The van der Waals surface area contributed by atoms with Crippen molar-refractivity contribution in [3.05, 3.63) is 0 Å². The average molecular weight is 185 g/mol. The largest absolute Gasteiger partial charge is 0.306 e. The van der Waals surface area contributed by atoms with Crippen LogP contribution in [0.4, 0.5) is 0 Å². The van der Waals surface area contributed by atoms with E-state index in [2.05, 4.69) is 46.6 Å². The van der Waals surface area contributed by atoms with Crippen LogP contribution in [0.15, 0.2) is 0 Å². The third-order valence-corrected chi connectivity index (χ3v) is 2.95. The van der Waals surface area contributed by atoms with E-state index in [4.69, 9.17) is 0 Å². The van der Waals surface area contributed by atoms with Gasteiger partial charge in [0.05, 0.1) is 0 Å². The maximum atomic E-state index is 2.42. The van der Waals surface area contributed by atoms with Gasteiger partial charge in [-0.3, -0.25) is 0 Å². The minimum absolute atomic E-state index is 0.513. The van der Waals surface area contributed by atoms with E-state index in [1.54, 1.807) is 0 Å². The Morgan fingerprint density at radius 2 is 1.77 bits per heavy atom. The molecule has 0 unspecified atom stereocenters. The maximum absolute atomic E-state index is 2.42. The van der Waals surface area contributed by atoms with Crippen LogP contribution >= 0.6 is 0 Å². The van der Waals surface area contributed by atoms with Crippen molar-refractivity contribution in [2.75, 3.05) is 20.1 Å². The van der Waals surface area contributed by atoms with E-state index < -0.39 is 0 Å². The van der Waals surface area contributed by atoms with Gasteiger partial charge in [0.2, 0.25) is 0 Å². The Balaban J connectivity index is 4.10. The highest BCUT2D eigenvalue weighted by atomic mass is 15.1. The standard InChI is InChI=1S/C12H27N/c1-7-12(5,9-11(3)4)10-13(6)8-2/h11H,7-10H2,1-6H3/t12-/m0/s1. The Kier molecular flexibility index (Phi) is 5.62. The first kappa shape index (κ1) is 13.0. The molecule has 0 fully saturated rings. The van der Waals surface area contributed by atoms with Gasteiger partial charge in [-0.25, -0.2) is 0 Å². The maximum Gasteiger partial charge on any atom is 0.00322 e. The number of rotatable bonds is 6. The molecule has 80 valence electrons. The summed E-state index contributed by atoms with van der Waals surface area (Å²) < 4.78 is 0. The third kappa shape index (κ3) is 5.30. The molecule has 0 aromatic rings. The second-order valence-electron chi connectivity index (χ2n) is 5.09. The molecule has 0 aromatic heterocycles. The van der Waals surface area contributed by atoms with Gasteiger partial charge in [-0.1, -0.05) is 34.6 Å². The van der Waals surface area contributed by atoms with Crippen molar-refractivity contribution < 1.29 is 0 Å². The summed E-state index contributed by atoms with van der Waals surface area (Å²) >= 11 is 0. The second-order valence-corrected chi connectivity index (χ2v) is 5.09. The molecule has 0 saturated heterocycles. The SMILES string of the molecule is CCN(C)C[C@@](C)(CC)CC(C)C. The molecule has 13 heavy (non-hydrogen) atoms. The molecule has 1 atom stereocenters. The van der Waals surface area contributed by atoms with Crippen LogP contribution in [0.1, 0.15) is 47.5 Å². The molecule has 0 bridgehead atoms. The monoisotopic (exact) mass is 185 g/mol. The van der Waals surface area contributed by atoms with Gasteiger partial charge in [-0.15, -0.1) is 0 Å². The van der Waals surface area contributed by atoms with Crippen LogP contribution in [0.25, 0.3) is 0 Å². The van der Waals surface area contributed by atoms with E-state index in [9.17, 15) is 0 Å². The molecule has 0 spiro atoms. The predicted molar refractivity (Wildman–Crippen MR) is 61.0 cm³/mol. The fourth-order valence-electron chi connectivity index (χ4n) is 2.07. The van der Waals surface area contributed by atoms with E-state index in [-0.39, 0.29) is 0 Å². The van der Waals surface area contributed by atoms with Crippen LogP contribution in [0.5, 0.6) is 0 Å². The average Bonchev–Trinajstić information content (AvgIpc) is 2.02. The molecule has 0 N–H and O–H groups in total. The van der Waals surface area contributed by atoms with Gasteiger partial charge in [0.25, 0.3) is 0 Å². The van der Waals surface area contributed by atoms with Crippen molar-refractivity contribution in [3.63, 3.8) is 0 Å². The summed E-state index contributed by atoms with van der Waals surface area (Å²) in [5, 5.41) is 0. The lowest BCUT2D eigenvalue weighted by Crippen LogP contribution is -2.34. The molecular weight excluding hydrogens is 158 g/mol. The Bertz CT molecular complexity index is 131. The third-order valence-electron chi connectivity index (χ3n) is 2.95. The van der Waals surface area contributed by atoms with Gasteiger partial charge in [-0.05, 0) is 37.8 Å². The highest BCUT2D eigenvalue weighted by Gasteiger charge is 2.24. The molecular formula is C12H27N. The van der Waals surface area contributed by atoms with Crippen molar-refractivity contribution in [3.8, 4) is 0 Å². The normalized spacial score (nSPS) is 16.6. The van der Waals surface area contributed by atoms with Gasteiger partial charge in [-0.2, -0.15) is 0 Å². The first-order chi connectivity index (χ1) is 5.93. The molecule has 0 aliphatic rings. The van der Waals surface area contributed by atoms with Crippen LogP contribution in [0.3, 0.4) is 0 Å². The summed E-state index contributed by atoms with van der Waals surface area (Å²) in [6.45, 7) is 14.0. The first-order valence-electron chi connectivity index (χ1n) is 5.62. The van der Waals surface area contributed by atoms with E-state index in [0.717, 1.165) is 12.5 Å². The lowest BCUT2D eigenvalue weighted by Gasteiger charge is -2.34. The lowest BCUT2D eigenvalue weighted by atomic mass is 9.79. The molecule has 0 saturated carbocycles. The number of hydrogen-bond acceptors (Lipinski definition) is 1. The van der Waals surface area contributed by atoms with Crippen LogP contribution < -0.4 is 0 Å². The summed E-state index contributed by atoms with van der Waals surface area (Å²) in [6.07, 6.45) is 2.63. The topological polar surface area (TPSA) is 3.24 Å². The zero-order chi connectivity index (χ0) is 10.5. The molecule has 0 amide bonds. The van der Waals surface area contributed by atoms with E-state index >= 15 is 0 Å². The van der Waals surface area contributed by atoms with E-state index in [1.165, 1.54) is 19.4 Å². The molecule has 1 nitrogen and oxygen atoms in total. The Labute approximate surface area is 84.5 Å². The fourth-order valence-corrected chi connectivity index (χ4v) is 2.07. The van der Waals surface area contributed by atoms with Crippen molar-refractivity contribution in [2.24, 2.45) is 11.3 Å². The van der Waals surface area contributed by atoms with E-state index in [0.29, 0.717) is 5.41 Å². The van der Waals surface area contributed by atoms with Crippen LogP contribution in [0, 0.1) is 11.3 Å². The predicted octanol–water partition coefficient (Wildman–Crippen LogP) is 3.40. The molecule has 0 heterocycles. The number of nitrogens with zero attached hydrogens (tertiary/aromatic N) is 1. The molecule has 0 aliphatic carbocycles. The van der Waals surface area contributed by atoms with Gasteiger partial charge in [0.15, 0.2) is 0 Å². The van der Waals surface area contributed by atoms with Crippen molar-refractivity contribution in [1.29, 1.82) is 0 Å². The molecule has 0 rings (SSSR count). The summed E-state index contributed by atoms with van der Waals surface area (Å²) in [5.74, 6) is 0.815. The highest BCUT2D eigenvalue weighted by molar-refractivity contribution is 4.77. The Morgan fingerprint density at radius 3 is 2.08 bits per heavy atom. The lowest BCUT2D eigenvalue weighted by molar-refractivity contribution is 0.160. The quantitative estimate of drug-likeness (QED) is 0.613. The summed E-state index contributed by atoms with van der Waals surface area (Å²) in [7, 11) is 2.22. The minimum atomic E-state index is 0.513. The Hall–Kier alpha value is -0.0400. The Morgan fingerprint density at radius 1 is 1.23 bits per heavy atom. The highest BCUT2D eigenvalue weighted by Crippen LogP contribution is 2.30. The minimum Gasteiger partial charge on any atom is -0.306 e. The van der Waals surface area contributed by atoms with Crippen LogP contribution in [-0.2, 0) is 0 Å². The van der Waals surface area contributed by atoms with Gasteiger partial charge in [0.1, 0.15) is 0 Å². The van der Waals surface area contributed by atoms with Crippen molar-refractivity contribution in [2.45, 2.75) is 47.5 Å². The van der Waals surface area contributed by atoms with Crippen LogP contribution in [0.2, 0.25) is 0 Å². The molecule has 0 radical (unpaired) electrons. The zero-order valence-corrected chi connectivity index (χ0v) is 10.4. The van der Waals surface area contributed by atoms with Gasteiger partial charge in [0, 0.05) is 6.54 Å². The van der Waals surface area contributed by atoms with Gasteiger partial charge < -0.3 is 4.90 Å². The molecule has 0 aliphatic heterocycles. The zero-order valence-electron chi connectivity index (χ0n) is 10.4. The smallest absolute Gasteiger partial charge is 0.00322 e. The summed E-state index contributed by atoms with van der Waals surface area (Å²) in [5.41, 5.74) is 0.513. The van der Waals surface area contributed by atoms with Crippen molar-refractivity contribution >= 4 is 0 Å². The van der Waals surface area contributed by atoms with Crippen molar-refractivity contribution in [1.82, 2.24) is 4.90 Å². The second kappa shape index (κ2) is 5.64. The molecule has 0 aromatic carbocycles. The number of hydrogen-bond donors (Lipinski definition) is 0. The van der Waals surface area contributed by atoms with Gasteiger partial charge >= 0.3 is 0 Å². The van der Waals surface area contributed by atoms with Crippen LogP contribution in [-0.4, -0.2) is 25.0 Å². The van der Waals surface area contributed by atoms with E-state index in [1.807, 2.05) is 0 Å². The first-order valence-corrected chi connectivity index (χ1v) is 5.62. The summed E-state index contributed by atoms with van der Waals surface area (Å²) in [6, 6.07) is 0. The summed E-state index contributed by atoms with van der Waals surface area (Å²) in [4.78, 5) is 2.42.